The largest absolute Gasteiger partial charge is 0.485 e. The Kier molecular flexibility index (Phi) is 5.70. The lowest BCUT2D eigenvalue weighted by molar-refractivity contribution is 0.188. The van der Waals surface area contributed by atoms with Crippen molar-refractivity contribution in [1.29, 1.82) is 0 Å². The van der Waals surface area contributed by atoms with Crippen molar-refractivity contribution < 1.29 is 4.74 Å². The molecule has 1 aliphatic rings. The van der Waals surface area contributed by atoms with Gasteiger partial charge >= 0.3 is 0 Å². The Morgan fingerprint density at radius 3 is 2.65 bits per heavy atom. The number of halogens is 1. The molecule has 3 aromatic rings. The molecule has 0 saturated heterocycles. The number of benzene rings is 3. The summed E-state index contributed by atoms with van der Waals surface area (Å²) in [7, 11) is 2.13. The summed E-state index contributed by atoms with van der Waals surface area (Å²) in [5.74, 6) is 0.973. The molecule has 2 atom stereocenters. The van der Waals surface area contributed by atoms with Crippen LogP contribution in [0.4, 0.5) is 5.69 Å². The quantitative estimate of drug-likeness (QED) is 0.715. The predicted octanol–water partition coefficient (Wildman–Crippen LogP) is 4.81. The highest BCUT2D eigenvalue weighted by molar-refractivity contribution is 5.86. The summed E-state index contributed by atoms with van der Waals surface area (Å²) in [5.41, 5.74) is 2.50. The first-order chi connectivity index (χ1) is 12.2. The van der Waals surface area contributed by atoms with Gasteiger partial charge in [0.05, 0.1) is 12.2 Å². The van der Waals surface area contributed by atoms with Gasteiger partial charge < -0.3 is 15.0 Å². The first-order valence-electron chi connectivity index (χ1n) is 8.90. The maximum absolute atomic E-state index is 6.17. The zero-order valence-corrected chi connectivity index (χ0v) is 16.0. The molecule has 0 aliphatic carbocycles. The van der Waals surface area contributed by atoms with E-state index in [2.05, 4.69) is 78.8 Å². The van der Waals surface area contributed by atoms with Crippen molar-refractivity contribution in [2.24, 2.45) is 0 Å². The minimum absolute atomic E-state index is 0. The van der Waals surface area contributed by atoms with E-state index in [-0.39, 0.29) is 24.6 Å². The molecule has 0 spiro atoms. The number of fused-ring (bicyclic) bond motifs is 2. The van der Waals surface area contributed by atoms with E-state index in [1.807, 2.05) is 12.1 Å². The van der Waals surface area contributed by atoms with Gasteiger partial charge in [0.1, 0.15) is 11.9 Å². The summed E-state index contributed by atoms with van der Waals surface area (Å²) in [6, 6.07) is 23.6. The zero-order chi connectivity index (χ0) is 17.2. The van der Waals surface area contributed by atoms with Crippen molar-refractivity contribution >= 4 is 28.9 Å². The highest BCUT2D eigenvalue weighted by Crippen LogP contribution is 2.32. The van der Waals surface area contributed by atoms with E-state index in [9.17, 15) is 0 Å². The smallest absolute Gasteiger partial charge is 0.143 e. The lowest BCUT2D eigenvalue weighted by atomic mass is 9.99. The molecular formula is C22H25ClN2O. The van der Waals surface area contributed by atoms with Crippen LogP contribution in [0.25, 0.3) is 10.8 Å². The van der Waals surface area contributed by atoms with Crippen LogP contribution < -0.4 is 15.0 Å². The van der Waals surface area contributed by atoms with Gasteiger partial charge in [0.2, 0.25) is 0 Å². The van der Waals surface area contributed by atoms with Gasteiger partial charge in [-0.2, -0.15) is 0 Å². The number of rotatable bonds is 4. The average Bonchev–Trinajstić information content (AvgIpc) is 2.66. The summed E-state index contributed by atoms with van der Waals surface area (Å²) in [5, 5.41) is 6.27. The van der Waals surface area contributed by atoms with Crippen molar-refractivity contribution in [1.82, 2.24) is 5.32 Å². The van der Waals surface area contributed by atoms with Crippen LogP contribution in [0.3, 0.4) is 0 Å². The van der Waals surface area contributed by atoms with Crippen molar-refractivity contribution in [3.63, 3.8) is 0 Å². The van der Waals surface area contributed by atoms with Gasteiger partial charge in [-0.25, -0.2) is 0 Å². The predicted molar refractivity (Wildman–Crippen MR) is 112 cm³/mol. The Labute approximate surface area is 161 Å². The number of ether oxygens (including phenoxy) is 1. The standard InChI is InChI=1S/C22H24N2O.ClH/c1-16(19-11-7-9-17-8-3-4-10-20(17)19)23-14-18-15-24(2)21-12-5-6-13-22(21)25-18;/h3-13,16,18,23H,14-15H2,1-2H3;1H/t16-,18?;/m1./s1. The fourth-order valence-corrected chi connectivity index (χ4v) is 3.65. The molecule has 3 nitrogen and oxygen atoms in total. The molecule has 0 fully saturated rings. The molecular weight excluding hydrogens is 344 g/mol. The third-order valence-corrected chi connectivity index (χ3v) is 4.99. The topological polar surface area (TPSA) is 24.5 Å². The Hall–Kier alpha value is -2.23. The number of nitrogens with zero attached hydrogens (tertiary/aromatic N) is 1. The second kappa shape index (κ2) is 7.98. The molecule has 0 bridgehead atoms. The minimum atomic E-state index is 0. The molecule has 1 aliphatic heterocycles. The fourth-order valence-electron chi connectivity index (χ4n) is 3.65. The number of para-hydroxylation sites is 2. The van der Waals surface area contributed by atoms with Gasteiger partial charge in [-0.15, -0.1) is 12.4 Å². The number of hydrogen-bond acceptors (Lipinski definition) is 3. The molecule has 1 heterocycles. The van der Waals surface area contributed by atoms with Crippen LogP contribution in [-0.4, -0.2) is 26.2 Å². The SMILES string of the molecule is C[C@@H](NCC1CN(C)c2ccccc2O1)c1cccc2ccccc12.Cl. The summed E-state index contributed by atoms with van der Waals surface area (Å²) in [6.45, 7) is 3.94. The van der Waals surface area contributed by atoms with E-state index in [1.165, 1.54) is 22.0 Å². The second-order valence-corrected chi connectivity index (χ2v) is 6.79. The van der Waals surface area contributed by atoms with Crippen LogP contribution >= 0.6 is 12.4 Å². The molecule has 26 heavy (non-hydrogen) atoms. The fraction of sp³-hybridized carbons (Fsp3) is 0.273. The first kappa shape index (κ1) is 18.6. The third kappa shape index (κ3) is 3.64. The number of nitrogens with one attached hydrogen (secondary N) is 1. The van der Waals surface area contributed by atoms with E-state index in [4.69, 9.17) is 4.74 Å². The van der Waals surface area contributed by atoms with E-state index < -0.39 is 0 Å². The molecule has 136 valence electrons. The molecule has 4 heteroatoms. The summed E-state index contributed by atoms with van der Waals surface area (Å²) in [6.07, 6.45) is 0.150. The Morgan fingerprint density at radius 1 is 1.04 bits per heavy atom. The van der Waals surface area contributed by atoms with Crippen LogP contribution in [0.15, 0.2) is 66.7 Å². The van der Waals surface area contributed by atoms with Gasteiger partial charge in [0.25, 0.3) is 0 Å². The summed E-state index contributed by atoms with van der Waals surface area (Å²) in [4.78, 5) is 2.27. The lowest BCUT2D eigenvalue weighted by Crippen LogP contribution is -2.44. The molecule has 1 N–H and O–H groups in total. The molecule has 0 aromatic heterocycles. The third-order valence-electron chi connectivity index (χ3n) is 4.99. The molecule has 1 unspecified atom stereocenters. The Bertz CT molecular complexity index is 877. The maximum atomic E-state index is 6.17. The second-order valence-electron chi connectivity index (χ2n) is 6.79. The van der Waals surface area contributed by atoms with Gasteiger partial charge in [0, 0.05) is 19.6 Å². The summed E-state index contributed by atoms with van der Waals surface area (Å²) < 4.78 is 6.17. The zero-order valence-electron chi connectivity index (χ0n) is 15.2. The van der Waals surface area contributed by atoms with Gasteiger partial charge in [-0.1, -0.05) is 54.6 Å². The van der Waals surface area contributed by atoms with Crippen LogP contribution in [-0.2, 0) is 0 Å². The number of anilines is 1. The van der Waals surface area contributed by atoms with Crippen molar-refractivity contribution in [2.45, 2.75) is 19.1 Å². The maximum Gasteiger partial charge on any atom is 0.143 e. The molecule has 0 radical (unpaired) electrons. The molecule has 4 rings (SSSR count). The highest BCUT2D eigenvalue weighted by atomic mass is 35.5. The van der Waals surface area contributed by atoms with Crippen LogP contribution in [0, 0.1) is 0 Å². The van der Waals surface area contributed by atoms with Crippen molar-refractivity contribution in [3.05, 3.63) is 72.3 Å². The molecule has 3 aromatic carbocycles. The van der Waals surface area contributed by atoms with Crippen LogP contribution in [0.1, 0.15) is 18.5 Å². The van der Waals surface area contributed by atoms with E-state index in [1.54, 1.807) is 0 Å². The number of likely N-dealkylation sites (N-methyl/N-ethyl adjacent to an activating group) is 1. The van der Waals surface area contributed by atoms with Gasteiger partial charge in [0.15, 0.2) is 0 Å². The van der Waals surface area contributed by atoms with Crippen molar-refractivity contribution in [3.8, 4) is 5.75 Å². The Morgan fingerprint density at radius 2 is 1.77 bits per heavy atom. The van der Waals surface area contributed by atoms with Crippen LogP contribution in [0.2, 0.25) is 0 Å². The molecule has 0 amide bonds. The monoisotopic (exact) mass is 368 g/mol. The van der Waals surface area contributed by atoms with E-state index >= 15 is 0 Å². The van der Waals surface area contributed by atoms with E-state index in [0.717, 1.165) is 18.8 Å². The number of hydrogen-bond donors (Lipinski definition) is 1. The van der Waals surface area contributed by atoms with E-state index in [0.29, 0.717) is 0 Å². The average molecular weight is 369 g/mol. The lowest BCUT2D eigenvalue weighted by Gasteiger charge is -2.34. The van der Waals surface area contributed by atoms with Crippen molar-refractivity contribution in [2.75, 3.05) is 25.0 Å². The normalized spacial score (nSPS) is 17.2. The minimum Gasteiger partial charge on any atom is -0.485 e. The van der Waals surface area contributed by atoms with Crippen LogP contribution in [0.5, 0.6) is 5.75 Å². The summed E-state index contributed by atoms with van der Waals surface area (Å²) >= 11 is 0. The highest BCUT2D eigenvalue weighted by Gasteiger charge is 2.23. The Balaban J connectivity index is 0.00000196. The van der Waals surface area contributed by atoms with Gasteiger partial charge in [-0.3, -0.25) is 0 Å². The first-order valence-corrected chi connectivity index (χ1v) is 8.90. The van der Waals surface area contributed by atoms with Gasteiger partial charge in [-0.05, 0) is 35.4 Å². The molecule has 0 saturated carbocycles.